The SMILES string of the molecule is COc1cc(-c2nc3ccccc3c(=O)n2NC(=O)Cn2nc(C(F)(F)F)cc2C(F)(F)F)cc(OC)c1OC. The zero-order valence-corrected chi connectivity index (χ0v) is 20.8. The molecule has 4 aromatic rings. The second-order valence-corrected chi connectivity index (χ2v) is 8.11. The van der Waals surface area contributed by atoms with Crippen LogP contribution in [0.25, 0.3) is 22.3 Å². The van der Waals surface area contributed by atoms with E-state index < -0.39 is 41.8 Å². The number of hydrogen-bond acceptors (Lipinski definition) is 7. The van der Waals surface area contributed by atoms with E-state index >= 15 is 0 Å². The average molecular weight is 571 g/mol. The maximum atomic E-state index is 13.4. The van der Waals surface area contributed by atoms with Gasteiger partial charge < -0.3 is 14.2 Å². The number of benzene rings is 2. The number of rotatable bonds is 7. The van der Waals surface area contributed by atoms with Gasteiger partial charge in [0.15, 0.2) is 23.0 Å². The molecule has 0 fully saturated rings. The summed E-state index contributed by atoms with van der Waals surface area (Å²) in [4.78, 5) is 30.6. The number of nitrogens with one attached hydrogen (secondary N) is 1. The molecule has 40 heavy (non-hydrogen) atoms. The van der Waals surface area contributed by atoms with E-state index in [4.69, 9.17) is 14.2 Å². The average Bonchev–Trinajstić information content (AvgIpc) is 3.34. The minimum absolute atomic E-state index is 0.0356. The summed E-state index contributed by atoms with van der Waals surface area (Å²) in [6.07, 6.45) is -10.4. The Kier molecular flexibility index (Phi) is 7.36. The van der Waals surface area contributed by atoms with Gasteiger partial charge in [-0.25, -0.2) is 4.98 Å². The maximum Gasteiger partial charge on any atom is 0.435 e. The zero-order valence-electron chi connectivity index (χ0n) is 20.8. The summed E-state index contributed by atoms with van der Waals surface area (Å²) < 4.78 is 95.8. The summed E-state index contributed by atoms with van der Waals surface area (Å²) in [6.45, 7) is -1.31. The summed E-state index contributed by atoms with van der Waals surface area (Å²) in [7, 11) is 4.03. The zero-order chi connectivity index (χ0) is 29.4. The standard InChI is InChI=1S/C24H19F6N5O5/c1-38-15-8-12(9-16(39-2)20(15)40-3)21-31-14-7-5-4-6-13(14)22(37)35(21)33-19(36)11-34-18(24(28,29)30)10-17(32-34)23(25,26)27/h4-10H,11H2,1-3H3,(H,33,36). The topological polar surface area (TPSA) is 110 Å². The number of fused-ring (bicyclic) bond motifs is 1. The molecule has 4 rings (SSSR count). The number of methoxy groups -OCH3 is 3. The lowest BCUT2D eigenvalue weighted by molar-refractivity contribution is -0.144. The molecule has 0 atom stereocenters. The molecule has 0 spiro atoms. The van der Waals surface area contributed by atoms with Gasteiger partial charge in [0.2, 0.25) is 5.75 Å². The lowest BCUT2D eigenvalue weighted by atomic mass is 10.1. The fourth-order valence-corrected chi connectivity index (χ4v) is 3.84. The van der Waals surface area contributed by atoms with Crippen molar-refractivity contribution in [2.45, 2.75) is 18.9 Å². The smallest absolute Gasteiger partial charge is 0.435 e. The molecule has 212 valence electrons. The van der Waals surface area contributed by atoms with Gasteiger partial charge in [-0.3, -0.25) is 19.7 Å². The van der Waals surface area contributed by atoms with Gasteiger partial charge >= 0.3 is 12.4 Å². The third-order valence-electron chi connectivity index (χ3n) is 5.59. The summed E-state index contributed by atoms with van der Waals surface area (Å²) in [5.41, 5.74) is -1.96. The molecule has 0 unspecified atom stereocenters. The molecular formula is C24H19F6N5O5. The largest absolute Gasteiger partial charge is 0.493 e. The van der Waals surface area contributed by atoms with Crippen LogP contribution in [0.15, 0.2) is 47.3 Å². The molecule has 0 radical (unpaired) electrons. The Morgan fingerprint density at radius 1 is 0.925 bits per heavy atom. The Labute approximate surface area is 220 Å². The highest BCUT2D eigenvalue weighted by Gasteiger charge is 2.42. The Morgan fingerprint density at radius 2 is 1.55 bits per heavy atom. The lowest BCUT2D eigenvalue weighted by Crippen LogP contribution is -2.37. The Hall–Kier alpha value is -4.76. The van der Waals surface area contributed by atoms with Crippen LogP contribution in [-0.4, -0.2) is 46.7 Å². The molecular weight excluding hydrogens is 552 g/mol. The third kappa shape index (κ3) is 5.37. The van der Waals surface area contributed by atoms with Crippen LogP contribution in [-0.2, 0) is 23.7 Å². The number of carbonyl (C=O) groups excluding carboxylic acids is 1. The number of carbonyl (C=O) groups is 1. The van der Waals surface area contributed by atoms with E-state index in [0.29, 0.717) is 4.68 Å². The van der Waals surface area contributed by atoms with Gasteiger partial charge in [-0.05, 0) is 24.3 Å². The first-order chi connectivity index (χ1) is 18.8. The second kappa shape index (κ2) is 10.4. The Bertz CT molecular complexity index is 1620. The first-order valence-corrected chi connectivity index (χ1v) is 11.1. The predicted octanol–water partition coefficient (Wildman–Crippen LogP) is 4.09. The number of hydrogen-bond donors (Lipinski definition) is 1. The van der Waals surface area contributed by atoms with Crippen LogP contribution < -0.4 is 25.2 Å². The molecule has 10 nitrogen and oxygen atoms in total. The molecule has 1 N–H and O–H groups in total. The van der Waals surface area contributed by atoms with Crippen LogP contribution in [0.4, 0.5) is 26.3 Å². The van der Waals surface area contributed by atoms with E-state index in [1.54, 1.807) is 6.07 Å². The highest BCUT2D eigenvalue weighted by molar-refractivity contribution is 5.86. The van der Waals surface area contributed by atoms with Gasteiger partial charge in [-0.2, -0.15) is 36.1 Å². The summed E-state index contributed by atoms with van der Waals surface area (Å²) in [6, 6.07) is 8.65. The van der Waals surface area contributed by atoms with E-state index in [1.807, 2.05) is 0 Å². The molecule has 2 aromatic heterocycles. The molecule has 1 amide bonds. The number of nitrogens with zero attached hydrogens (tertiary/aromatic N) is 4. The van der Waals surface area contributed by atoms with Crippen molar-refractivity contribution in [1.82, 2.24) is 19.4 Å². The Morgan fingerprint density at radius 3 is 2.10 bits per heavy atom. The van der Waals surface area contributed by atoms with Crippen LogP contribution >= 0.6 is 0 Å². The molecule has 0 aliphatic carbocycles. The maximum absolute atomic E-state index is 13.4. The van der Waals surface area contributed by atoms with E-state index in [-0.39, 0.29) is 50.3 Å². The van der Waals surface area contributed by atoms with Gasteiger partial charge in [0.1, 0.15) is 12.2 Å². The van der Waals surface area contributed by atoms with Crippen LogP contribution in [0.5, 0.6) is 17.2 Å². The van der Waals surface area contributed by atoms with E-state index in [0.717, 1.165) is 0 Å². The van der Waals surface area contributed by atoms with Crippen molar-refractivity contribution in [3.8, 4) is 28.6 Å². The molecule has 2 aromatic carbocycles. The normalized spacial score (nSPS) is 11.9. The molecule has 0 saturated heterocycles. The minimum Gasteiger partial charge on any atom is -0.493 e. The summed E-state index contributed by atoms with van der Waals surface area (Å²) in [5, 5.41) is 2.94. The van der Waals surface area contributed by atoms with E-state index in [2.05, 4.69) is 15.5 Å². The number of aromatic nitrogens is 4. The van der Waals surface area contributed by atoms with Gasteiger partial charge in [0.25, 0.3) is 11.5 Å². The Balaban J connectivity index is 1.84. The van der Waals surface area contributed by atoms with Crippen molar-refractivity contribution >= 4 is 16.8 Å². The van der Waals surface area contributed by atoms with E-state index in [9.17, 15) is 35.9 Å². The second-order valence-electron chi connectivity index (χ2n) is 8.11. The van der Waals surface area contributed by atoms with Gasteiger partial charge in [0.05, 0.1) is 32.2 Å². The molecule has 0 aliphatic rings. The number of alkyl halides is 6. The molecule has 2 heterocycles. The van der Waals surface area contributed by atoms with Crippen LogP contribution in [0.2, 0.25) is 0 Å². The summed E-state index contributed by atoms with van der Waals surface area (Å²) >= 11 is 0. The first kappa shape index (κ1) is 28.3. The highest BCUT2D eigenvalue weighted by atomic mass is 19.4. The molecule has 16 heteroatoms. The molecule has 0 aliphatic heterocycles. The number of halogens is 6. The van der Waals surface area contributed by atoms with Crippen molar-refractivity contribution < 1.29 is 45.3 Å². The van der Waals surface area contributed by atoms with Crippen molar-refractivity contribution in [3.05, 3.63) is 64.2 Å². The van der Waals surface area contributed by atoms with Gasteiger partial charge in [-0.1, -0.05) is 12.1 Å². The summed E-state index contributed by atoms with van der Waals surface area (Å²) in [5.74, 6) is -0.975. The quantitative estimate of drug-likeness (QED) is 0.333. The van der Waals surface area contributed by atoms with Crippen molar-refractivity contribution in [2.24, 2.45) is 0 Å². The monoisotopic (exact) mass is 571 g/mol. The fourth-order valence-electron chi connectivity index (χ4n) is 3.84. The van der Waals surface area contributed by atoms with Crippen molar-refractivity contribution in [1.29, 1.82) is 0 Å². The van der Waals surface area contributed by atoms with Crippen LogP contribution in [0, 0.1) is 0 Å². The van der Waals surface area contributed by atoms with E-state index in [1.165, 1.54) is 51.7 Å². The van der Waals surface area contributed by atoms with Gasteiger partial charge in [0, 0.05) is 11.6 Å². The predicted molar refractivity (Wildman–Crippen MR) is 128 cm³/mol. The highest BCUT2D eigenvalue weighted by Crippen LogP contribution is 2.41. The molecule has 0 saturated carbocycles. The number of amides is 1. The van der Waals surface area contributed by atoms with Gasteiger partial charge in [-0.15, -0.1) is 0 Å². The number of ether oxygens (including phenoxy) is 3. The fraction of sp³-hybridized carbons (Fsp3) is 0.250. The number of para-hydroxylation sites is 1. The van der Waals surface area contributed by atoms with Crippen LogP contribution in [0.3, 0.4) is 0 Å². The van der Waals surface area contributed by atoms with Crippen molar-refractivity contribution in [3.63, 3.8) is 0 Å². The first-order valence-electron chi connectivity index (χ1n) is 11.1. The third-order valence-corrected chi connectivity index (χ3v) is 5.59. The lowest BCUT2D eigenvalue weighted by Gasteiger charge is -2.18. The van der Waals surface area contributed by atoms with Crippen LogP contribution in [0.1, 0.15) is 11.4 Å². The minimum atomic E-state index is -5.25. The molecule has 0 bridgehead atoms. The van der Waals surface area contributed by atoms with Crippen molar-refractivity contribution in [2.75, 3.05) is 26.8 Å².